The number of ether oxygens (including phenoxy) is 1. The van der Waals surface area contributed by atoms with Gasteiger partial charge in [-0.1, -0.05) is 43.0 Å². The van der Waals surface area contributed by atoms with E-state index in [9.17, 15) is 14.4 Å². The Morgan fingerprint density at radius 1 is 0.974 bits per heavy atom. The van der Waals surface area contributed by atoms with Crippen molar-refractivity contribution in [3.8, 4) is 11.5 Å². The molecule has 8 nitrogen and oxygen atoms in total. The lowest BCUT2D eigenvalue weighted by molar-refractivity contribution is -0.135. The van der Waals surface area contributed by atoms with Gasteiger partial charge in [0.05, 0.1) is 6.54 Å². The summed E-state index contributed by atoms with van der Waals surface area (Å²) in [6.45, 7) is 4.61. The standard InChI is InChI=1S/C30H32N4O4/c1-2-31-20-22-10-8-12-24(18-22)32-28(35)21-34-17-7-6-16-27(30(34)37)33-29(36)23-11-9-15-26(19-23)38-25-13-4-3-5-14-25/h2-5,8-15,18-19,27,31H,1,6-7,16-17,20-21H2,(H,32,35)(H,33,36). The van der Waals surface area contributed by atoms with E-state index < -0.39 is 6.04 Å². The molecule has 0 spiro atoms. The molecule has 3 N–H and O–H groups in total. The number of amides is 3. The van der Waals surface area contributed by atoms with E-state index in [0.29, 0.717) is 42.3 Å². The molecule has 1 aliphatic heterocycles. The van der Waals surface area contributed by atoms with Gasteiger partial charge < -0.3 is 25.6 Å². The van der Waals surface area contributed by atoms with Crippen molar-refractivity contribution in [2.24, 2.45) is 0 Å². The minimum atomic E-state index is -0.704. The van der Waals surface area contributed by atoms with E-state index >= 15 is 0 Å². The number of rotatable bonds is 10. The molecule has 0 aliphatic carbocycles. The van der Waals surface area contributed by atoms with Gasteiger partial charge in [0.1, 0.15) is 17.5 Å². The summed E-state index contributed by atoms with van der Waals surface area (Å²) in [6.07, 6.45) is 3.65. The third-order valence-electron chi connectivity index (χ3n) is 6.16. The fraction of sp³-hybridized carbons (Fsp3) is 0.233. The van der Waals surface area contributed by atoms with E-state index in [1.165, 1.54) is 4.90 Å². The summed E-state index contributed by atoms with van der Waals surface area (Å²) in [5.41, 5.74) is 2.04. The lowest BCUT2D eigenvalue weighted by Crippen LogP contribution is -2.49. The molecule has 0 bridgehead atoms. The van der Waals surface area contributed by atoms with Crippen molar-refractivity contribution in [3.05, 3.63) is 103 Å². The molecule has 1 atom stereocenters. The highest BCUT2D eigenvalue weighted by Crippen LogP contribution is 2.22. The van der Waals surface area contributed by atoms with Gasteiger partial charge in [-0.2, -0.15) is 0 Å². The van der Waals surface area contributed by atoms with E-state index in [0.717, 1.165) is 18.4 Å². The van der Waals surface area contributed by atoms with Crippen LogP contribution in [0, 0.1) is 0 Å². The Hall–Kier alpha value is -4.59. The van der Waals surface area contributed by atoms with E-state index in [1.54, 1.807) is 36.5 Å². The van der Waals surface area contributed by atoms with Crippen LogP contribution in [0.2, 0.25) is 0 Å². The predicted molar refractivity (Wildman–Crippen MR) is 147 cm³/mol. The van der Waals surface area contributed by atoms with Gasteiger partial charge in [0.15, 0.2) is 0 Å². The minimum absolute atomic E-state index is 0.0826. The fourth-order valence-electron chi connectivity index (χ4n) is 4.29. The molecule has 1 aliphatic rings. The summed E-state index contributed by atoms with van der Waals surface area (Å²) < 4.78 is 5.83. The summed E-state index contributed by atoms with van der Waals surface area (Å²) in [7, 11) is 0. The van der Waals surface area contributed by atoms with Crippen LogP contribution in [0.15, 0.2) is 91.6 Å². The maximum Gasteiger partial charge on any atom is 0.252 e. The summed E-state index contributed by atoms with van der Waals surface area (Å²) in [6, 6.07) is 22.9. The largest absolute Gasteiger partial charge is 0.457 e. The van der Waals surface area contributed by atoms with Crippen LogP contribution in [-0.2, 0) is 16.1 Å². The molecule has 1 heterocycles. The number of para-hydroxylation sites is 1. The number of hydrogen-bond acceptors (Lipinski definition) is 5. The molecule has 38 heavy (non-hydrogen) atoms. The van der Waals surface area contributed by atoms with Crippen LogP contribution in [0.25, 0.3) is 0 Å². The highest BCUT2D eigenvalue weighted by Gasteiger charge is 2.29. The summed E-state index contributed by atoms with van der Waals surface area (Å²) in [5, 5.41) is 8.76. The first-order chi connectivity index (χ1) is 18.5. The van der Waals surface area contributed by atoms with Crippen LogP contribution in [0.4, 0.5) is 5.69 Å². The zero-order valence-electron chi connectivity index (χ0n) is 21.2. The SMILES string of the molecule is C=CNCc1cccc(NC(=O)CN2CCCCC(NC(=O)c3cccc(Oc4ccccc4)c3)C2=O)c1. The molecule has 0 aromatic heterocycles. The zero-order valence-corrected chi connectivity index (χ0v) is 21.2. The minimum Gasteiger partial charge on any atom is -0.457 e. The van der Waals surface area contributed by atoms with Crippen LogP contribution in [0.3, 0.4) is 0 Å². The predicted octanol–water partition coefficient (Wildman–Crippen LogP) is 4.46. The van der Waals surface area contributed by atoms with Gasteiger partial charge in [0.25, 0.3) is 5.91 Å². The molecule has 3 aromatic carbocycles. The van der Waals surface area contributed by atoms with Crippen molar-refractivity contribution in [1.82, 2.24) is 15.5 Å². The Kier molecular flexibility index (Phi) is 9.12. The Balaban J connectivity index is 1.36. The summed E-state index contributed by atoms with van der Waals surface area (Å²) >= 11 is 0. The van der Waals surface area contributed by atoms with Gasteiger partial charge in [-0.3, -0.25) is 14.4 Å². The Bertz CT molecular complexity index is 1280. The second-order valence-corrected chi connectivity index (χ2v) is 9.06. The third kappa shape index (κ3) is 7.46. The number of likely N-dealkylation sites (tertiary alicyclic amines) is 1. The number of carbonyl (C=O) groups is 3. The highest BCUT2D eigenvalue weighted by atomic mass is 16.5. The van der Waals surface area contributed by atoms with Crippen molar-refractivity contribution >= 4 is 23.4 Å². The molecule has 0 radical (unpaired) electrons. The summed E-state index contributed by atoms with van der Waals surface area (Å²) in [5.74, 6) is 0.284. The molecule has 1 fully saturated rings. The lowest BCUT2D eigenvalue weighted by atomic mass is 10.1. The molecule has 3 amide bonds. The van der Waals surface area contributed by atoms with Crippen molar-refractivity contribution in [2.45, 2.75) is 31.8 Å². The highest BCUT2D eigenvalue weighted by molar-refractivity contribution is 5.99. The number of carbonyl (C=O) groups excluding carboxylic acids is 3. The lowest BCUT2D eigenvalue weighted by Gasteiger charge is -2.24. The zero-order chi connectivity index (χ0) is 26.7. The number of hydrogen-bond donors (Lipinski definition) is 3. The Morgan fingerprint density at radius 2 is 1.76 bits per heavy atom. The Labute approximate surface area is 222 Å². The first-order valence-electron chi connectivity index (χ1n) is 12.7. The maximum atomic E-state index is 13.3. The van der Waals surface area contributed by atoms with Crippen LogP contribution in [0.1, 0.15) is 35.2 Å². The monoisotopic (exact) mass is 512 g/mol. The maximum absolute atomic E-state index is 13.3. The molecular weight excluding hydrogens is 480 g/mol. The molecule has 4 rings (SSSR count). The first kappa shape index (κ1) is 26.5. The Morgan fingerprint density at radius 3 is 2.58 bits per heavy atom. The van der Waals surface area contributed by atoms with Crippen LogP contribution < -0.4 is 20.7 Å². The molecule has 8 heteroatoms. The van der Waals surface area contributed by atoms with Crippen LogP contribution in [-0.4, -0.2) is 41.8 Å². The van der Waals surface area contributed by atoms with Crippen molar-refractivity contribution < 1.29 is 19.1 Å². The summed E-state index contributed by atoms with van der Waals surface area (Å²) in [4.78, 5) is 40.6. The number of nitrogens with one attached hydrogen (secondary N) is 3. The topological polar surface area (TPSA) is 99.8 Å². The molecule has 196 valence electrons. The van der Waals surface area contributed by atoms with E-state index in [-0.39, 0.29) is 24.3 Å². The average molecular weight is 513 g/mol. The van der Waals surface area contributed by atoms with Crippen molar-refractivity contribution in [1.29, 1.82) is 0 Å². The van der Waals surface area contributed by atoms with Crippen LogP contribution in [0.5, 0.6) is 11.5 Å². The molecular formula is C30H32N4O4. The number of nitrogens with zero attached hydrogens (tertiary/aromatic N) is 1. The second-order valence-electron chi connectivity index (χ2n) is 9.06. The van der Waals surface area contributed by atoms with Gasteiger partial charge in [0, 0.05) is 24.3 Å². The smallest absolute Gasteiger partial charge is 0.252 e. The number of anilines is 1. The number of benzene rings is 3. The average Bonchev–Trinajstić information content (AvgIpc) is 3.09. The van der Waals surface area contributed by atoms with Gasteiger partial charge in [-0.05, 0) is 73.5 Å². The molecule has 0 saturated carbocycles. The van der Waals surface area contributed by atoms with Gasteiger partial charge in [-0.15, -0.1) is 0 Å². The van der Waals surface area contributed by atoms with Gasteiger partial charge >= 0.3 is 0 Å². The molecule has 1 saturated heterocycles. The third-order valence-corrected chi connectivity index (χ3v) is 6.16. The molecule has 1 unspecified atom stereocenters. The van der Waals surface area contributed by atoms with Crippen molar-refractivity contribution in [2.75, 3.05) is 18.4 Å². The molecule has 3 aromatic rings. The van der Waals surface area contributed by atoms with Crippen molar-refractivity contribution in [3.63, 3.8) is 0 Å². The van der Waals surface area contributed by atoms with Gasteiger partial charge in [-0.25, -0.2) is 0 Å². The first-order valence-corrected chi connectivity index (χ1v) is 12.7. The van der Waals surface area contributed by atoms with E-state index in [4.69, 9.17) is 4.74 Å². The van der Waals surface area contributed by atoms with E-state index in [2.05, 4.69) is 22.5 Å². The van der Waals surface area contributed by atoms with Gasteiger partial charge in [0.2, 0.25) is 11.8 Å². The quantitative estimate of drug-likeness (QED) is 0.373. The second kappa shape index (κ2) is 13.1. The van der Waals surface area contributed by atoms with Crippen LogP contribution >= 0.6 is 0 Å². The normalized spacial score (nSPS) is 15.2. The van der Waals surface area contributed by atoms with E-state index in [1.807, 2.05) is 48.5 Å². The fourth-order valence-corrected chi connectivity index (χ4v) is 4.29.